The van der Waals surface area contributed by atoms with Crippen molar-refractivity contribution in [2.75, 3.05) is 7.11 Å². The first-order valence-corrected chi connectivity index (χ1v) is 10.2. The molecule has 0 aliphatic carbocycles. The van der Waals surface area contributed by atoms with Gasteiger partial charge in [-0.25, -0.2) is 0 Å². The van der Waals surface area contributed by atoms with Gasteiger partial charge in [-0.1, -0.05) is 51.5 Å². The number of nitrogens with zero attached hydrogens (tertiary/aromatic N) is 2. The summed E-state index contributed by atoms with van der Waals surface area (Å²) in [7, 11) is 1.57. The summed E-state index contributed by atoms with van der Waals surface area (Å²) >= 11 is 5.01. The molecule has 0 aliphatic rings. The largest absolute Gasteiger partial charge is 0.496 e. The first kappa shape index (κ1) is 17.9. The van der Waals surface area contributed by atoms with Crippen LogP contribution in [0.2, 0.25) is 0 Å². The van der Waals surface area contributed by atoms with Gasteiger partial charge >= 0.3 is 0 Å². The van der Waals surface area contributed by atoms with E-state index in [4.69, 9.17) is 4.74 Å². The Balaban J connectivity index is 1.89. The van der Waals surface area contributed by atoms with Crippen LogP contribution in [0, 0.1) is 0 Å². The standard InChI is InChI=1S/C21H17BrN2O2S/c1-3-24-17-9-8-15(22)12-19(17)27-21(24)23-20(25)16-10-13-6-4-5-7-14(13)11-18(16)26-2/h4-12H,3H2,1-2H3. The number of methoxy groups -OCH3 is 1. The number of halogens is 1. The molecule has 4 nitrogen and oxygen atoms in total. The Morgan fingerprint density at radius 3 is 2.59 bits per heavy atom. The van der Waals surface area contributed by atoms with Gasteiger partial charge in [0.1, 0.15) is 5.75 Å². The van der Waals surface area contributed by atoms with E-state index in [1.54, 1.807) is 7.11 Å². The summed E-state index contributed by atoms with van der Waals surface area (Å²) in [6.07, 6.45) is 0. The van der Waals surface area contributed by atoms with Crippen LogP contribution < -0.4 is 9.54 Å². The molecule has 0 bridgehead atoms. The Bertz CT molecular complexity index is 1240. The molecule has 0 saturated heterocycles. The molecule has 0 atom stereocenters. The Hall–Kier alpha value is -2.44. The zero-order valence-electron chi connectivity index (χ0n) is 14.9. The van der Waals surface area contributed by atoms with E-state index >= 15 is 0 Å². The summed E-state index contributed by atoms with van der Waals surface area (Å²) in [4.78, 5) is 18.1. The third-order valence-corrected chi connectivity index (χ3v) is 5.99. The van der Waals surface area contributed by atoms with Gasteiger partial charge < -0.3 is 9.30 Å². The molecule has 3 aromatic carbocycles. The fourth-order valence-corrected chi connectivity index (χ4v) is 4.78. The second-order valence-corrected chi connectivity index (χ2v) is 7.98. The van der Waals surface area contributed by atoms with Crippen molar-refractivity contribution in [3.63, 3.8) is 0 Å². The maximum atomic E-state index is 13.0. The smallest absolute Gasteiger partial charge is 0.283 e. The number of hydrogen-bond acceptors (Lipinski definition) is 3. The van der Waals surface area contributed by atoms with Gasteiger partial charge in [0.05, 0.1) is 22.9 Å². The van der Waals surface area contributed by atoms with Crippen LogP contribution in [-0.4, -0.2) is 17.6 Å². The lowest BCUT2D eigenvalue weighted by atomic mass is 10.1. The van der Waals surface area contributed by atoms with Gasteiger partial charge in [0.2, 0.25) is 0 Å². The van der Waals surface area contributed by atoms with E-state index in [1.807, 2.05) is 61.5 Å². The van der Waals surface area contributed by atoms with Gasteiger partial charge in [0.15, 0.2) is 4.80 Å². The fourth-order valence-electron chi connectivity index (χ4n) is 3.14. The third-order valence-electron chi connectivity index (χ3n) is 4.46. The van der Waals surface area contributed by atoms with Crippen LogP contribution >= 0.6 is 27.3 Å². The van der Waals surface area contributed by atoms with Crippen LogP contribution in [0.3, 0.4) is 0 Å². The molecule has 0 radical (unpaired) electrons. The Morgan fingerprint density at radius 1 is 1.15 bits per heavy atom. The van der Waals surface area contributed by atoms with Crippen LogP contribution in [0.25, 0.3) is 21.0 Å². The number of aryl methyl sites for hydroxylation is 1. The predicted octanol–water partition coefficient (Wildman–Crippen LogP) is 5.39. The molecule has 0 saturated carbocycles. The van der Waals surface area contributed by atoms with Gasteiger partial charge in [-0.2, -0.15) is 4.99 Å². The average Bonchev–Trinajstić information content (AvgIpc) is 3.02. The second-order valence-electron chi connectivity index (χ2n) is 6.06. The van der Waals surface area contributed by atoms with Gasteiger partial charge in [-0.15, -0.1) is 0 Å². The number of hydrogen-bond donors (Lipinski definition) is 0. The number of aromatic nitrogens is 1. The van der Waals surface area contributed by atoms with Gasteiger partial charge in [-0.3, -0.25) is 4.79 Å². The molecule has 0 N–H and O–H groups in total. The van der Waals surface area contributed by atoms with E-state index in [-0.39, 0.29) is 5.91 Å². The lowest BCUT2D eigenvalue weighted by molar-refractivity contribution is 0.0995. The maximum Gasteiger partial charge on any atom is 0.283 e. The highest BCUT2D eigenvalue weighted by Gasteiger charge is 2.14. The van der Waals surface area contributed by atoms with Crippen molar-refractivity contribution >= 4 is 54.2 Å². The lowest BCUT2D eigenvalue weighted by Crippen LogP contribution is -2.16. The fraction of sp³-hybridized carbons (Fsp3) is 0.143. The molecule has 136 valence electrons. The van der Waals surface area contributed by atoms with E-state index in [0.717, 1.165) is 32.0 Å². The highest BCUT2D eigenvalue weighted by atomic mass is 79.9. The summed E-state index contributed by atoms with van der Waals surface area (Å²) in [6.45, 7) is 2.79. The number of fused-ring (bicyclic) bond motifs is 2. The quantitative estimate of drug-likeness (QED) is 0.428. The van der Waals surface area contributed by atoms with E-state index in [9.17, 15) is 4.79 Å². The summed E-state index contributed by atoms with van der Waals surface area (Å²) in [6, 6.07) is 17.7. The molecule has 27 heavy (non-hydrogen) atoms. The SMILES string of the molecule is CCn1c(=NC(=O)c2cc3ccccc3cc2OC)sc2cc(Br)ccc21. The molecule has 1 aromatic heterocycles. The Labute approximate surface area is 168 Å². The number of rotatable bonds is 3. The number of amides is 1. The first-order chi connectivity index (χ1) is 13.1. The second kappa shape index (κ2) is 7.29. The molecule has 4 rings (SSSR count). The van der Waals surface area contributed by atoms with Crippen LogP contribution in [0.1, 0.15) is 17.3 Å². The van der Waals surface area contributed by atoms with Crippen LogP contribution in [0.4, 0.5) is 0 Å². The summed E-state index contributed by atoms with van der Waals surface area (Å²) < 4.78 is 9.60. The van der Waals surface area contributed by atoms with Crippen LogP contribution in [-0.2, 0) is 6.54 Å². The lowest BCUT2D eigenvalue weighted by Gasteiger charge is -2.07. The van der Waals surface area contributed by atoms with Crippen molar-refractivity contribution in [3.8, 4) is 5.75 Å². The van der Waals surface area contributed by atoms with Gasteiger partial charge in [0.25, 0.3) is 5.91 Å². The highest BCUT2D eigenvalue weighted by molar-refractivity contribution is 9.10. The van der Waals surface area contributed by atoms with E-state index in [1.165, 1.54) is 11.3 Å². The van der Waals surface area contributed by atoms with E-state index in [2.05, 4.69) is 25.5 Å². The third kappa shape index (κ3) is 3.31. The number of ether oxygens (including phenoxy) is 1. The van der Waals surface area contributed by atoms with Crippen molar-refractivity contribution in [2.24, 2.45) is 4.99 Å². The van der Waals surface area contributed by atoms with E-state index < -0.39 is 0 Å². The zero-order chi connectivity index (χ0) is 19.0. The minimum Gasteiger partial charge on any atom is -0.496 e. The van der Waals surface area contributed by atoms with Crippen molar-refractivity contribution in [2.45, 2.75) is 13.5 Å². The first-order valence-electron chi connectivity index (χ1n) is 8.55. The minimum atomic E-state index is -0.301. The molecule has 0 unspecified atom stereocenters. The topological polar surface area (TPSA) is 43.6 Å². The summed E-state index contributed by atoms with van der Waals surface area (Å²) in [5.41, 5.74) is 1.54. The number of benzene rings is 3. The van der Waals surface area contributed by atoms with Crippen molar-refractivity contribution < 1.29 is 9.53 Å². The van der Waals surface area contributed by atoms with Gasteiger partial charge in [-0.05, 0) is 48.0 Å². The van der Waals surface area contributed by atoms with Crippen molar-refractivity contribution in [1.29, 1.82) is 0 Å². The highest BCUT2D eigenvalue weighted by Crippen LogP contribution is 2.27. The molecular formula is C21H17BrN2O2S. The minimum absolute atomic E-state index is 0.301. The van der Waals surface area contributed by atoms with E-state index in [0.29, 0.717) is 16.1 Å². The molecule has 0 aliphatic heterocycles. The zero-order valence-corrected chi connectivity index (χ0v) is 17.3. The normalized spacial score (nSPS) is 12.0. The number of carbonyl (C=O) groups is 1. The van der Waals surface area contributed by atoms with Crippen LogP contribution in [0.15, 0.2) is 64.1 Å². The van der Waals surface area contributed by atoms with Crippen LogP contribution in [0.5, 0.6) is 5.75 Å². The molecule has 1 heterocycles. The maximum absolute atomic E-state index is 13.0. The molecule has 4 aromatic rings. The van der Waals surface area contributed by atoms with Crippen molar-refractivity contribution in [1.82, 2.24) is 4.57 Å². The predicted molar refractivity (Wildman–Crippen MR) is 114 cm³/mol. The van der Waals surface area contributed by atoms with Crippen molar-refractivity contribution in [3.05, 3.63) is 69.4 Å². The molecule has 0 fully saturated rings. The number of thiazole rings is 1. The molecular weight excluding hydrogens is 424 g/mol. The Morgan fingerprint density at radius 2 is 1.89 bits per heavy atom. The molecule has 1 amide bonds. The summed E-state index contributed by atoms with van der Waals surface area (Å²) in [5.74, 6) is 0.236. The monoisotopic (exact) mass is 440 g/mol. The Kier molecular flexibility index (Phi) is 4.85. The number of carbonyl (C=O) groups excluding carboxylic acids is 1. The van der Waals surface area contributed by atoms with Gasteiger partial charge in [0, 0.05) is 11.0 Å². The average molecular weight is 441 g/mol. The molecule has 6 heteroatoms. The summed E-state index contributed by atoms with van der Waals surface area (Å²) in [5, 5.41) is 2.02. The molecule has 0 spiro atoms.